The van der Waals surface area contributed by atoms with E-state index in [4.69, 9.17) is 9.47 Å². The average Bonchev–Trinajstić information content (AvgIpc) is 3.43. The van der Waals surface area contributed by atoms with E-state index in [0.717, 1.165) is 37.0 Å². The molecular weight excluding hydrogens is 493 g/mol. The third-order valence-corrected chi connectivity index (χ3v) is 4.82. The molecule has 0 unspecified atom stereocenters. The number of guanidine groups is 1. The van der Waals surface area contributed by atoms with Crippen LogP contribution in [0.3, 0.4) is 0 Å². The van der Waals surface area contributed by atoms with Gasteiger partial charge in [0.25, 0.3) is 0 Å². The monoisotopic (exact) mass is 519 g/mol. The van der Waals surface area contributed by atoms with Crippen molar-refractivity contribution >= 4 is 29.9 Å². The minimum atomic E-state index is 0. The van der Waals surface area contributed by atoms with Gasteiger partial charge in [-0.1, -0.05) is 30.3 Å². The van der Waals surface area contributed by atoms with E-state index < -0.39 is 0 Å². The molecule has 2 N–H and O–H groups in total. The number of aliphatic imine (C=N–C) groups is 1. The first kappa shape index (κ1) is 21.9. The first-order valence-corrected chi connectivity index (χ1v) is 9.69. The Labute approximate surface area is 193 Å². The summed E-state index contributed by atoms with van der Waals surface area (Å²) in [6.07, 6.45) is 4.64. The van der Waals surface area contributed by atoms with Crippen LogP contribution in [0, 0.1) is 0 Å². The Kier molecular flexibility index (Phi) is 7.95. The van der Waals surface area contributed by atoms with Gasteiger partial charge in [-0.05, 0) is 41.3 Å². The van der Waals surface area contributed by atoms with Crippen molar-refractivity contribution in [2.24, 2.45) is 4.99 Å². The Morgan fingerprint density at radius 3 is 2.70 bits per heavy atom. The van der Waals surface area contributed by atoms with Gasteiger partial charge in [-0.3, -0.25) is 9.67 Å². The zero-order valence-corrected chi connectivity index (χ0v) is 19.2. The van der Waals surface area contributed by atoms with Crippen LogP contribution in [0.1, 0.15) is 16.7 Å². The van der Waals surface area contributed by atoms with Gasteiger partial charge in [-0.15, -0.1) is 24.0 Å². The highest BCUT2D eigenvalue weighted by Gasteiger charge is 2.13. The SMILES string of the molecule is CN=C(NCCc1ccc2c(c1)OCO2)NCc1ccccc1Cn1cccn1.I. The van der Waals surface area contributed by atoms with Gasteiger partial charge in [-0.25, -0.2) is 0 Å². The van der Waals surface area contributed by atoms with Crippen LogP contribution in [0.4, 0.5) is 0 Å². The fourth-order valence-electron chi connectivity index (χ4n) is 3.27. The molecule has 1 aromatic heterocycles. The second-order valence-electron chi connectivity index (χ2n) is 6.76. The molecule has 0 aliphatic carbocycles. The zero-order chi connectivity index (χ0) is 19.9. The number of hydrogen-bond donors (Lipinski definition) is 2. The number of nitrogens with zero attached hydrogens (tertiary/aromatic N) is 3. The van der Waals surface area contributed by atoms with E-state index in [2.05, 4.69) is 51.1 Å². The molecule has 1 aliphatic heterocycles. The summed E-state index contributed by atoms with van der Waals surface area (Å²) in [6.45, 7) is 2.52. The minimum absolute atomic E-state index is 0. The van der Waals surface area contributed by atoms with Crippen LogP contribution in [0.2, 0.25) is 0 Å². The normalized spacial score (nSPS) is 12.4. The van der Waals surface area contributed by atoms with Crippen LogP contribution in [0.25, 0.3) is 0 Å². The fraction of sp³-hybridized carbons (Fsp3) is 0.273. The van der Waals surface area contributed by atoms with Gasteiger partial charge in [0.2, 0.25) is 6.79 Å². The summed E-state index contributed by atoms with van der Waals surface area (Å²) in [4.78, 5) is 4.33. The van der Waals surface area contributed by atoms with E-state index in [0.29, 0.717) is 13.3 Å². The summed E-state index contributed by atoms with van der Waals surface area (Å²) in [5, 5.41) is 11.1. The molecule has 0 radical (unpaired) electrons. The minimum Gasteiger partial charge on any atom is -0.454 e. The van der Waals surface area contributed by atoms with Crippen LogP contribution in [-0.4, -0.2) is 36.1 Å². The van der Waals surface area contributed by atoms with Crippen LogP contribution >= 0.6 is 24.0 Å². The number of ether oxygens (including phenoxy) is 2. The van der Waals surface area contributed by atoms with Gasteiger partial charge in [0.1, 0.15) is 0 Å². The molecule has 0 saturated heterocycles. The number of nitrogens with one attached hydrogen (secondary N) is 2. The zero-order valence-electron chi connectivity index (χ0n) is 16.9. The molecule has 30 heavy (non-hydrogen) atoms. The Hall–Kier alpha value is -2.75. The molecule has 2 heterocycles. The Morgan fingerprint density at radius 1 is 1.07 bits per heavy atom. The van der Waals surface area contributed by atoms with E-state index in [-0.39, 0.29) is 24.0 Å². The molecule has 4 rings (SSSR count). The lowest BCUT2D eigenvalue weighted by molar-refractivity contribution is 0.174. The number of halogens is 1. The van der Waals surface area contributed by atoms with Gasteiger partial charge in [0.15, 0.2) is 17.5 Å². The molecule has 1 aliphatic rings. The van der Waals surface area contributed by atoms with Crippen LogP contribution in [0.5, 0.6) is 11.5 Å². The second-order valence-corrected chi connectivity index (χ2v) is 6.76. The summed E-state index contributed by atoms with van der Waals surface area (Å²) < 4.78 is 12.7. The topological polar surface area (TPSA) is 72.7 Å². The molecule has 0 spiro atoms. The second kappa shape index (κ2) is 10.9. The molecule has 158 valence electrons. The smallest absolute Gasteiger partial charge is 0.231 e. The lowest BCUT2D eigenvalue weighted by Crippen LogP contribution is -2.38. The molecule has 3 aromatic rings. The molecule has 0 bridgehead atoms. The highest BCUT2D eigenvalue weighted by molar-refractivity contribution is 14.0. The molecule has 0 saturated carbocycles. The number of aromatic nitrogens is 2. The number of rotatable bonds is 7. The summed E-state index contributed by atoms with van der Waals surface area (Å²) in [7, 11) is 1.78. The van der Waals surface area contributed by atoms with E-state index in [1.165, 1.54) is 16.7 Å². The molecule has 0 fully saturated rings. The maximum absolute atomic E-state index is 5.44. The molecule has 0 amide bonds. The van der Waals surface area contributed by atoms with Crippen LogP contribution in [-0.2, 0) is 19.5 Å². The van der Waals surface area contributed by atoms with Gasteiger partial charge >= 0.3 is 0 Å². The van der Waals surface area contributed by atoms with Crippen molar-refractivity contribution in [3.8, 4) is 11.5 Å². The third kappa shape index (κ3) is 5.65. The quantitative estimate of drug-likeness (QED) is 0.285. The third-order valence-electron chi connectivity index (χ3n) is 4.82. The molecule has 7 nitrogen and oxygen atoms in total. The lowest BCUT2D eigenvalue weighted by Gasteiger charge is -2.14. The van der Waals surface area contributed by atoms with E-state index in [1.807, 2.05) is 29.1 Å². The maximum atomic E-state index is 5.44. The summed E-state index contributed by atoms with van der Waals surface area (Å²) in [6, 6.07) is 16.4. The number of hydrogen-bond acceptors (Lipinski definition) is 4. The van der Waals surface area contributed by atoms with Gasteiger partial charge in [-0.2, -0.15) is 5.10 Å². The lowest BCUT2D eigenvalue weighted by atomic mass is 10.1. The maximum Gasteiger partial charge on any atom is 0.231 e. The summed E-state index contributed by atoms with van der Waals surface area (Å²) >= 11 is 0. The first-order valence-electron chi connectivity index (χ1n) is 9.69. The summed E-state index contributed by atoms with van der Waals surface area (Å²) in [5.74, 6) is 2.41. The van der Waals surface area contributed by atoms with E-state index >= 15 is 0 Å². The van der Waals surface area contributed by atoms with Crippen molar-refractivity contribution < 1.29 is 9.47 Å². The first-order chi connectivity index (χ1) is 14.3. The highest BCUT2D eigenvalue weighted by atomic mass is 127. The fourth-order valence-corrected chi connectivity index (χ4v) is 3.27. The van der Waals surface area contributed by atoms with Crippen molar-refractivity contribution in [2.75, 3.05) is 20.4 Å². The average molecular weight is 519 g/mol. The largest absolute Gasteiger partial charge is 0.454 e. The Bertz CT molecular complexity index is 975. The van der Waals surface area contributed by atoms with Crippen LogP contribution < -0.4 is 20.1 Å². The van der Waals surface area contributed by atoms with Crippen molar-refractivity contribution in [1.82, 2.24) is 20.4 Å². The molecule has 2 aromatic carbocycles. The molecule has 8 heteroatoms. The number of fused-ring (bicyclic) bond motifs is 1. The summed E-state index contributed by atoms with van der Waals surface area (Å²) in [5.41, 5.74) is 3.66. The van der Waals surface area contributed by atoms with Gasteiger partial charge < -0.3 is 20.1 Å². The molecular formula is C22H26IN5O2. The number of benzene rings is 2. The van der Waals surface area contributed by atoms with Crippen LogP contribution in [0.15, 0.2) is 65.9 Å². The predicted octanol–water partition coefficient (Wildman–Crippen LogP) is 3.19. The Balaban J connectivity index is 0.00000256. The Morgan fingerprint density at radius 2 is 1.90 bits per heavy atom. The van der Waals surface area contributed by atoms with Crippen molar-refractivity contribution in [1.29, 1.82) is 0 Å². The van der Waals surface area contributed by atoms with Gasteiger partial charge in [0, 0.05) is 32.5 Å². The van der Waals surface area contributed by atoms with Gasteiger partial charge in [0.05, 0.1) is 6.54 Å². The van der Waals surface area contributed by atoms with Crippen molar-refractivity contribution in [3.63, 3.8) is 0 Å². The van der Waals surface area contributed by atoms with Crippen molar-refractivity contribution in [3.05, 3.63) is 77.6 Å². The van der Waals surface area contributed by atoms with E-state index in [9.17, 15) is 0 Å². The predicted molar refractivity (Wildman–Crippen MR) is 128 cm³/mol. The van der Waals surface area contributed by atoms with E-state index in [1.54, 1.807) is 13.2 Å². The highest BCUT2D eigenvalue weighted by Crippen LogP contribution is 2.32. The standard InChI is InChI=1S/C22H25N5O2.HI/c1-23-22(24-11-9-17-7-8-20-21(13-17)29-16-28-20)25-14-18-5-2-3-6-19(18)15-27-12-4-10-26-27;/h2-8,10,12-13H,9,11,14-16H2,1H3,(H2,23,24,25);1H. The van der Waals surface area contributed by atoms with Crippen molar-refractivity contribution in [2.45, 2.75) is 19.5 Å². The molecule has 0 atom stereocenters.